The van der Waals surface area contributed by atoms with Crippen LogP contribution < -0.4 is 0 Å². The predicted molar refractivity (Wildman–Crippen MR) is 110 cm³/mol. The maximum Gasteiger partial charge on any atom is 0.0894 e. The van der Waals surface area contributed by atoms with Gasteiger partial charge in [-0.3, -0.25) is 0 Å². The van der Waals surface area contributed by atoms with E-state index in [0.29, 0.717) is 0 Å². The van der Waals surface area contributed by atoms with Gasteiger partial charge >= 0.3 is 0 Å². The predicted octanol–water partition coefficient (Wildman–Crippen LogP) is 6.35. The van der Waals surface area contributed by atoms with Gasteiger partial charge in [-0.15, -0.1) is 0 Å². The highest BCUT2D eigenvalue weighted by molar-refractivity contribution is 8.90. The van der Waals surface area contributed by atoms with E-state index in [9.17, 15) is 0 Å². The summed E-state index contributed by atoms with van der Waals surface area (Å²) in [6, 6.07) is 12.5. The van der Waals surface area contributed by atoms with E-state index in [2.05, 4.69) is 64.1 Å². The molecule has 0 N–H and O–H groups in total. The zero-order chi connectivity index (χ0) is 16.3. The van der Waals surface area contributed by atoms with Crippen molar-refractivity contribution in [3.8, 4) is 0 Å². The summed E-state index contributed by atoms with van der Waals surface area (Å²) in [5.41, 5.74) is 7.21. The van der Waals surface area contributed by atoms with Gasteiger partial charge in [0.05, 0.1) is 8.39 Å². The monoisotopic (exact) mass is 362 g/mol. The molecular weight excluding hydrogens is 344 g/mol. The number of hydrogen-bond acceptors (Lipinski definition) is 4. The first-order valence-electron chi connectivity index (χ1n) is 6.97. The molecule has 0 saturated heterocycles. The van der Waals surface area contributed by atoms with Crippen molar-refractivity contribution in [2.24, 2.45) is 0 Å². The fourth-order valence-corrected chi connectivity index (χ4v) is 5.60. The number of hydrogen-bond donors (Lipinski definition) is 0. The Labute approximate surface area is 151 Å². The SMILES string of the molecule is Cc1cccc(C)c1C(=S)SSC(=S)c1c(C)cccc1C. The second-order valence-electron chi connectivity index (χ2n) is 5.28. The lowest BCUT2D eigenvalue weighted by molar-refractivity contribution is 1.37. The van der Waals surface area contributed by atoms with Crippen molar-refractivity contribution in [3.63, 3.8) is 0 Å². The quantitative estimate of drug-likeness (QED) is 0.450. The van der Waals surface area contributed by atoms with Crippen molar-refractivity contribution in [2.75, 3.05) is 0 Å². The summed E-state index contributed by atoms with van der Waals surface area (Å²) in [6.07, 6.45) is 0. The van der Waals surface area contributed by atoms with Crippen LogP contribution in [0.4, 0.5) is 0 Å². The van der Waals surface area contributed by atoms with Crippen LogP contribution in [-0.4, -0.2) is 8.39 Å². The van der Waals surface area contributed by atoms with Crippen LogP contribution in [0.15, 0.2) is 36.4 Å². The van der Waals surface area contributed by atoms with Gasteiger partial charge < -0.3 is 0 Å². The molecule has 0 radical (unpaired) electrons. The van der Waals surface area contributed by atoms with E-state index in [0.717, 1.165) is 8.39 Å². The Balaban J connectivity index is 2.13. The Morgan fingerprint density at radius 2 is 0.909 bits per heavy atom. The molecule has 0 aromatic heterocycles. The average Bonchev–Trinajstić information content (AvgIpc) is 2.44. The van der Waals surface area contributed by atoms with Gasteiger partial charge in [-0.25, -0.2) is 0 Å². The highest BCUT2D eigenvalue weighted by atomic mass is 33.1. The Morgan fingerprint density at radius 3 is 1.18 bits per heavy atom. The van der Waals surface area contributed by atoms with Crippen LogP contribution in [0.3, 0.4) is 0 Å². The van der Waals surface area contributed by atoms with Crippen LogP contribution in [-0.2, 0) is 0 Å². The van der Waals surface area contributed by atoms with Gasteiger partial charge in [-0.05, 0) is 71.5 Å². The summed E-state index contributed by atoms with van der Waals surface area (Å²) in [4.78, 5) is 0. The maximum atomic E-state index is 5.61. The van der Waals surface area contributed by atoms with Gasteiger partial charge in [-0.2, -0.15) is 0 Å². The smallest absolute Gasteiger partial charge is 0.0709 e. The van der Waals surface area contributed by atoms with Crippen LogP contribution >= 0.6 is 46.0 Å². The molecular formula is C18H18S4. The van der Waals surface area contributed by atoms with Crippen molar-refractivity contribution in [1.82, 2.24) is 0 Å². The molecule has 0 nitrogen and oxygen atoms in total. The van der Waals surface area contributed by atoms with Gasteiger partial charge in [0.25, 0.3) is 0 Å². The molecule has 0 saturated carbocycles. The lowest BCUT2D eigenvalue weighted by atomic mass is 10.1. The van der Waals surface area contributed by atoms with E-state index < -0.39 is 0 Å². The molecule has 22 heavy (non-hydrogen) atoms. The molecule has 0 aliphatic rings. The minimum Gasteiger partial charge on any atom is -0.0709 e. The molecule has 2 aromatic rings. The van der Waals surface area contributed by atoms with E-state index in [4.69, 9.17) is 24.4 Å². The first-order chi connectivity index (χ1) is 10.4. The van der Waals surface area contributed by atoms with Crippen LogP contribution in [0.5, 0.6) is 0 Å². The standard InChI is InChI=1S/C18H18S4/c1-11-7-5-8-12(2)15(11)17(19)21-22-18(20)16-13(3)9-6-10-14(16)4/h5-10H,1-4H3. The topological polar surface area (TPSA) is 0 Å². The fourth-order valence-electron chi connectivity index (χ4n) is 2.43. The average molecular weight is 363 g/mol. The highest BCUT2D eigenvalue weighted by Crippen LogP contribution is 2.34. The van der Waals surface area contributed by atoms with Crippen molar-refractivity contribution >= 4 is 54.4 Å². The largest absolute Gasteiger partial charge is 0.0894 e. The Morgan fingerprint density at radius 1 is 0.636 bits per heavy atom. The van der Waals surface area contributed by atoms with Crippen LogP contribution in [0, 0.1) is 27.7 Å². The van der Waals surface area contributed by atoms with Crippen molar-refractivity contribution < 1.29 is 0 Å². The summed E-state index contributed by atoms with van der Waals surface area (Å²) in [5, 5.41) is 0. The second kappa shape index (κ2) is 7.73. The number of rotatable bonds is 2. The van der Waals surface area contributed by atoms with Crippen molar-refractivity contribution in [3.05, 3.63) is 69.8 Å². The fraction of sp³-hybridized carbons (Fsp3) is 0.222. The molecule has 0 spiro atoms. The zero-order valence-corrected chi connectivity index (χ0v) is 16.4. The number of benzene rings is 2. The maximum absolute atomic E-state index is 5.61. The molecule has 0 aliphatic carbocycles. The van der Waals surface area contributed by atoms with Crippen LogP contribution in [0.2, 0.25) is 0 Å². The summed E-state index contributed by atoms with van der Waals surface area (Å²) in [6.45, 7) is 8.40. The molecule has 0 unspecified atom stereocenters. The number of thiocarbonyl (C=S) groups is 2. The van der Waals surface area contributed by atoms with Crippen molar-refractivity contribution in [2.45, 2.75) is 27.7 Å². The molecule has 2 rings (SSSR count). The summed E-state index contributed by atoms with van der Waals surface area (Å²) < 4.78 is 1.79. The van der Waals surface area contributed by atoms with Gasteiger partial charge in [0.2, 0.25) is 0 Å². The summed E-state index contributed by atoms with van der Waals surface area (Å²) >= 11 is 11.2. The molecule has 0 bridgehead atoms. The van der Waals surface area contributed by atoms with E-state index >= 15 is 0 Å². The Bertz CT molecular complexity index is 628. The second-order valence-corrected chi connectivity index (χ2v) is 8.76. The minimum absolute atomic E-state index is 0.897. The molecule has 0 aliphatic heterocycles. The molecule has 0 heterocycles. The molecule has 0 atom stereocenters. The molecule has 4 heteroatoms. The lowest BCUT2D eigenvalue weighted by Gasteiger charge is -2.12. The third kappa shape index (κ3) is 3.99. The van der Waals surface area contributed by atoms with E-state index in [-0.39, 0.29) is 0 Å². The molecule has 0 amide bonds. The van der Waals surface area contributed by atoms with Gasteiger partial charge in [0, 0.05) is 11.1 Å². The summed E-state index contributed by atoms with van der Waals surface area (Å²) in [5.74, 6) is 0. The summed E-state index contributed by atoms with van der Waals surface area (Å²) in [7, 11) is 3.17. The lowest BCUT2D eigenvalue weighted by Crippen LogP contribution is -2.01. The third-order valence-corrected chi connectivity index (χ3v) is 7.15. The van der Waals surface area contributed by atoms with Gasteiger partial charge in [0.1, 0.15) is 0 Å². The third-order valence-electron chi connectivity index (χ3n) is 3.56. The van der Waals surface area contributed by atoms with Gasteiger partial charge in [-0.1, -0.05) is 60.8 Å². The minimum atomic E-state index is 0.897. The normalized spacial score (nSPS) is 10.5. The first-order valence-corrected chi connectivity index (χ1v) is 9.94. The molecule has 114 valence electrons. The van der Waals surface area contributed by atoms with Crippen molar-refractivity contribution in [1.29, 1.82) is 0 Å². The Kier molecular flexibility index (Phi) is 6.21. The van der Waals surface area contributed by atoms with E-state index in [1.165, 1.54) is 33.4 Å². The first kappa shape index (κ1) is 17.7. The van der Waals surface area contributed by atoms with E-state index in [1.807, 2.05) is 0 Å². The molecule has 2 aromatic carbocycles. The number of aryl methyl sites for hydroxylation is 4. The zero-order valence-electron chi connectivity index (χ0n) is 13.1. The molecule has 0 fully saturated rings. The Hall–Kier alpha value is -0.680. The van der Waals surface area contributed by atoms with Crippen LogP contribution in [0.25, 0.3) is 0 Å². The highest BCUT2D eigenvalue weighted by Gasteiger charge is 2.13. The van der Waals surface area contributed by atoms with E-state index in [1.54, 1.807) is 21.6 Å². The van der Waals surface area contributed by atoms with Gasteiger partial charge in [0.15, 0.2) is 0 Å². The van der Waals surface area contributed by atoms with Crippen LogP contribution in [0.1, 0.15) is 33.4 Å².